The number of ether oxygens (including phenoxy) is 4. The summed E-state index contributed by atoms with van der Waals surface area (Å²) in [6, 6.07) is 10.1. The Balaban J connectivity index is 1.49. The molecule has 0 amide bonds. The fraction of sp³-hybridized carbons (Fsp3) is 0.478. The van der Waals surface area contributed by atoms with Crippen molar-refractivity contribution >= 4 is 15.9 Å². The topological polar surface area (TPSA) is 43.4 Å². The molecule has 30 heavy (non-hydrogen) atoms. The van der Waals surface area contributed by atoms with Gasteiger partial charge in [0.2, 0.25) is 5.75 Å². The first-order valence-electron chi connectivity index (χ1n) is 10.2. The van der Waals surface area contributed by atoms with Crippen molar-refractivity contribution in [1.82, 2.24) is 9.80 Å². The maximum Gasteiger partial charge on any atom is 0.203 e. The second kappa shape index (κ2) is 10.9. The molecule has 0 aliphatic carbocycles. The zero-order valence-corrected chi connectivity index (χ0v) is 19.8. The maximum absolute atomic E-state index is 5.98. The first kappa shape index (κ1) is 22.7. The largest absolute Gasteiger partial charge is 0.493 e. The smallest absolute Gasteiger partial charge is 0.203 e. The predicted molar refractivity (Wildman–Crippen MR) is 122 cm³/mol. The molecule has 1 heterocycles. The van der Waals surface area contributed by atoms with Crippen molar-refractivity contribution < 1.29 is 18.9 Å². The van der Waals surface area contributed by atoms with Gasteiger partial charge in [-0.05, 0) is 36.8 Å². The van der Waals surface area contributed by atoms with Crippen LogP contribution in [0.15, 0.2) is 34.8 Å². The van der Waals surface area contributed by atoms with Crippen LogP contribution in [-0.2, 0) is 6.54 Å². The molecule has 1 aliphatic heterocycles. The lowest BCUT2D eigenvalue weighted by Gasteiger charge is -2.35. The summed E-state index contributed by atoms with van der Waals surface area (Å²) >= 11 is 3.49. The number of hydrogen-bond donors (Lipinski definition) is 0. The highest BCUT2D eigenvalue weighted by Crippen LogP contribution is 2.40. The quantitative estimate of drug-likeness (QED) is 0.542. The van der Waals surface area contributed by atoms with E-state index in [1.165, 1.54) is 0 Å². The highest BCUT2D eigenvalue weighted by atomic mass is 79.9. The summed E-state index contributed by atoms with van der Waals surface area (Å²) in [5.74, 6) is 3.04. The molecule has 0 unspecified atom stereocenters. The lowest BCUT2D eigenvalue weighted by Crippen LogP contribution is -2.47. The molecular weight excluding hydrogens is 448 g/mol. The molecule has 0 radical (unpaired) electrons. The molecule has 0 saturated carbocycles. The lowest BCUT2D eigenvalue weighted by molar-refractivity contribution is 0.111. The van der Waals surface area contributed by atoms with Crippen molar-refractivity contribution in [3.8, 4) is 23.0 Å². The molecule has 0 spiro atoms. The average Bonchev–Trinajstić information content (AvgIpc) is 2.76. The fourth-order valence-corrected chi connectivity index (χ4v) is 4.23. The van der Waals surface area contributed by atoms with Crippen LogP contribution in [0.1, 0.15) is 11.1 Å². The van der Waals surface area contributed by atoms with Crippen LogP contribution in [0.3, 0.4) is 0 Å². The third-order valence-electron chi connectivity index (χ3n) is 5.45. The highest BCUT2D eigenvalue weighted by Gasteiger charge is 2.21. The number of benzene rings is 2. The summed E-state index contributed by atoms with van der Waals surface area (Å²) in [6.07, 6.45) is 0. The van der Waals surface area contributed by atoms with Crippen LogP contribution in [0.5, 0.6) is 23.0 Å². The molecule has 1 saturated heterocycles. The average molecular weight is 479 g/mol. The summed E-state index contributed by atoms with van der Waals surface area (Å²) in [4.78, 5) is 4.90. The van der Waals surface area contributed by atoms with Crippen LogP contribution in [0, 0.1) is 6.92 Å². The summed E-state index contributed by atoms with van der Waals surface area (Å²) in [5.41, 5.74) is 2.26. The van der Waals surface area contributed by atoms with Crippen molar-refractivity contribution in [2.24, 2.45) is 0 Å². The van der Waals surface area contributed by atoms with Gasteiger partial charge >= 0.3 is 0 Å². The molecular formula is C23H31BrN2O4. The number of piperazine rings is 1. The Bertz CT molecular complexity index is 838. The van der Waals surface area contributed by atoms with Crippen molar-refractivity contribution in [3.63, 3.8) is 0 Å². The van der Waals surface area contributed by atoms with E-state index < -0.39 is 0 Å². The van der Waals surface area contributed by atoms with Crippen LogP contribution in [0.2, 0.25) is 0 Å². The lowest BCUT2D eigenvalue weighted by atomic mass is 10.1. The van der Waals surface area contributed by atoms with E-state index in [4.69, 9.17) is 18.9 Å². The van der Waals surface area contributed by atoms with Gasteiger partial charge in [-0.25, -0.2) is 0 Å². The Hall–Kier alpha value is -1.96. The van der Waals surface area contributed by atoms with E-state index in [1.807, 2.05) is 18.2 Å². The minimum atomic E-state index is 0.650. The molecule has 2 aromatic carbocycles. The molecule has 1 aliphatic rings. The van der Waals surface area contributed by atoms with Gasteiger partial charge in [0.05, 0.1) is 21.3 Å². The van der Waals surface area contributed by atoms with Gasteiger partial charge in [0.15, 0.2) is 11.5 Å². The van der Waals surface area contributed by atoms with E-state index in [2.05, 4.69) is 44.8 Å². The first-order chi connectivity index (χ1) is 14.5. The Morgan fingerprint density at radius 1 is 0.833 bits per heavy atom. The minimum Gasteiger partial charge on any atom is -0.493 e. The van der Waals surface area contributed by atoms with Gasteiger partial charge in [0, 0.05) is 49.3 Å². The maximum atomic E-state index is 5.98. The fourth-order valence-electron chi connectivity index (χ4n) is 3.76. The van der Waals surface area contributed by atoms with E-state index >= 15 is 0 Å². The van der Waals surface area contributed by atoms with E-state index in [0.29, 0.717) is 18.1 Å². The van der Waals surface area contributed by atoms with Crippen LogP contribution in [0.4, 0.5) is 0 Å². The minimum absolute atomic E-state index is 0.650. The molecule has 0 atom stereocenters. The summed E-state index contributed by atoms with van der Waals surface area (Å²) in [5, 5.41) is 0. The number of halogens is 1. The second-order valence-corrected chi connectivity index (χ2v) is 8.29. The molecule has 164 valence electrons. The van der Waals surface area contributed by atoms with Crippen LogP contribution in [-0.4, -0.2) is 70.5 Å². The zero-order valence-electron chi connectivity index (χ0n) is 18.2. The second-order valence-electron chi connectivity index (χ2n) is 7.37. The standard InChI is InChI=1S/C23H31BrN2O4/c1-17-15-19(24)6-8-20(17)30-14-13-25-9-11-26(12-10-25)16-18-5-7-21(27-2)23(29-4)22(18)28-3/h5-8,15H,9-14,16H2,1-4H3. The third kappa shape index (κ3) is 5.59. The molecule has 0 aromatic heterocycles. The molecule has 7 heteroatoms. The normalized spacial score (nSPS) is 15.1. The van der Waals surface area contributed by atoms with Crippen molar-refractivity contribution in [3.05, 3.63) is 45.9 Å². The van der Waals surface area contributed by atoms with Gasteiger partial charge in [-0.2, -0.15) is 0 Å². The Kier molecular flexibility index (Phi) is 8.24. The van der Waals surface area contributed by atoms with Gasteiger partial charge in [0.25, 0.3) is 0 Å². The van der Waals surface area contributed by atoms with Crippen LogP contribution < -0.4 is 18.9 Å². The van der Waals surface area contributed by atoms with Gasteiger partial charge in [-0.1, -0.05) is 22.0 Å². The number of hydrogen-bond acceptors (Lipinski definition) is 6. The van der Waals surface area contributed by atoms with Crippen molar-refractivity contribution in [2.45, 2.75) is 13.5 Å². The number of rotatable bonds is 9. The Labute approximate surface area is 187 Å². The van der Waals surface area contributed by atoms with Gasteiger partial charge in [0.1, 0.15) is 12.4 Å². The molecule has 0 bridgehead atoms. The van der Waals surface area contributed by atoms with E-state index in [0.717, 1.165) is 66.4 Å². The summed E-state index contributed by atoms with van der Waals surface area (Å²) in [7, 11) is 4.95. The first-order valence-corrected chi connectivity index (χ1v) is 11.0. The van der Waals surface area contributed by atoms with Crippen LogP contribution in [0.25, 0.3) is 0 Å². The highest BCUT2D eigenvalue weighted by molar-refractivity contribution is 9.10. The third-order valence-corrected chi connectivity index (χ3v) is 5.94. The van der Waals surface area contributed by atoms with Gasteiger partial charge in [-0.3, -0.25) is 9.80 Å². The molecule has 3 rings (SSSR count). The van der Waals surface area contributed by atoms with Crippen LogP contribution >= 0.6 is 15.9 Å². The van der Waals surface area contributed by atoms with Gasteiger partial charge < -0.3 is 18.9 Å². The Morgan fingerprint density at radius 3 is 2.13 bits per heavy atom. The molecule has 6 nitrogen and oxygen atoms in total. The van der Waals surface area contributed by atoms with Crippen molar-refractivity contribution in [2.75, 3.05) is 60.7 Å². The summed E-state index contributed by atoms with van der Waals surface area (Å²) < 4.78 is 23.6. The van der Waals surface area contributed by atoms with E-state index in [9.17, 15) is 0 Å². The molecule has 1 fully saturated rings. The molecule has 2 aromatic rings. The number of methoxy groups -OCH3 is 3. The Morgan fingerprint density at radius 2 is 1.50 bits per heavy atom. The zero-order chi connectivity index (χ0) is 21.5. The molecule has 0 N–H and O–H groups in total. The monoisotopic (exact) mass is 478 g/mol. The number of nitrogens with zero attached hydrogens (tertiary/aromatic N) is 2. The van der Waals surface area contributed by atoms with E-state index in [1.54, 1.807) is 21.3 Å². The van der Waals surface area contributed by atoms with Gasteiger partial charge in [-0.15, -0.1) is 0 Å². The van der Waals surface area contributed by atoms with Crippen molar-refractivity contribution in [1.29, 1.82) is 0 Å². The van der Waals surface area contributed by atoms with E-state index in [-0.39, 0.29) is 0 Å². The predicted octanol–water partition coefficient (Wildman–Crippen LogP) is 3.98. The number of aryl methyl sites for hydroxylation is 1. The summed E-state index contributed by atoms with van der Waals surface area (Å²) in [6.45, 7) is 8.60. The SMILES string of the molecule is COc1ccc(CN2CCN(CCOc3ccc(Br)cc3C)CC2)c(OC)c1OC.